The predicted molar refractivity (Wildman–Crippen MR) is 80.0 cm³/mol. The lowest BCUT2D eigenvalue weighted by atomic mass is 10.1. The van der Waals surface area contributed by atoms with Crippen molar-refractivity contribution >= 4 is 22.4 Å². The monoisotopic (exact) mass is 358 g/mol. The Hall–Kier alpha value is -0.830. The number of sulfonamides is 1. The van der Waals surface area contributed by atoms with Gasteiger partial charge in [0.15, 0.2) is 0 Å². The first-order chi connectivity index (χ1) is 9.61. The number of nitrogens with zero attached hydrogens (tertiary/aromatic N) is 1. The summed E-state index contributed by atoms with van der Waals surface area (Å²) in [4.78, 5) is 0. The lowest BCUT2D eigenvalue weighted by Crippen LogP contribution is -2.33. The average Bonchev–Trinajstić information content (AvgIpc) is 2.69. The van der Waals surface area contributed by atoms with Crippen LogP contribution in [0.2, 0.25) is 0 Å². The van der Waals surface area contributed by atoms with E-state index in [9.17, 15) is 21.6 Å². The lowest BCUT2D eigenvalue weighted by Gasteiger charge is -2.18. The molecule has 2 unspecified atom stereocenters. The molecule has 0 spiro atoms. The standard InChI is InChI=1S/C13H17F3N2O2S.ClH/c1-9-6-18(7-12(9)17)21(19,20)8-10-4-2-3-5-11(10)13(14,15)16;/h2-5,9,12H,6-8,17H2,1H3;1H. The summed E-state index contributed by atoms with van der Waals surface area (Å²) in [6.45, 7) is 2.22. The molecule has 1 fully saturated rings. The second-order valence-electron chi connectivity index (χ2n) is 5.37. The molecule has 2 atom stereocenters. The Balaban J connectivity index is 0.00000242. The van der Waals surface area contributed by atoms with E-state index in [1.54, 1.807) is 0 Å². The first kappa shape index (κ1) is 19.2. The fourth-order valence-corrected chi connectivity index (χ4v) is 4.07. The number of hydrogen-bond acceptors (Lipinski definition) is 3. The van der Waals surface area contributed by atoms with Crippen molar-refractivity contribution in [2.75, 3.05) is 13.1 Å². The van der Waals surface area contributed by atoms with Crippen LogP contribution < -0.4 is 5.73 Å². The summed E-state index contributed by atoms with van der Waals surface area (Å²) in [7, 11) is -3.81. The van der Waals surface area contributed by atoms with Crippen molar-refractivity contribution in [3.05, 3.63) is 35.4 Å². The fourth-order valence-electron chi connectivity index (χ4n) is 2.38. The van der Waals surface area contributed by atoms with Crippen LogP contribution in [0, 0.1) is 5.92 Å². The predicted octanol–water partition coefficient (Wildman–Crippen LogP) is 2.24. The fraction of sp³-hybridized carbons (Fsp3) is 0.538. The van der Waals surface area contributed by atoms with Gasteiger partial charge >= 0.3 is 6.18 Å². The van der Waals surface area contributed by atoms with E-state index in [0.717, 1.165) is 6.07 Å². The zero-order chi connectivity index (χ0) is 15.8. The van der Waals surface area contributed by atoms with Crippen molar-refractivity contribution < 1.29 is 21.6 Å². The maximum absolute atomic E-state index is 12.9. The van der Waals surface area contributed by atoms with Gasteiger partial charge < -0.3 is 5.73 Å². The van der Waals surface area contributed by atoms with Crippen LogP contribution in [0.4, 0.5) is 13.2 Å². The number of nitrogens with two attached hydrogens (primary N) is 1. The highest BCUT2D eigenvalue weighted by molar-refractivity contribution is 7.88. The lowest BCUT2D eigenvalue weighted by molar-refractivity contribution is -0.138. The molecule has 2 rings (SSSR count). The van der Waals surface area contributed by atoms with E-state index in [0.29, 0.717) is 0 Å². The molecule has 1 aromatic carbocycles. The molecule has 4 nitrogen and oxygen atoms in total. The summed E-state index contributed by atoms with van der Waals surface area (Å²) in [5, 5.41) is 0. The van der Waals surface area contributed by atoms with Gasteiger partial charge in [-0.15, -0.1) is 12.4 Å². The van der Waals surface area contributed by atoms with Crippen LogP contribution in [0.3, 0.4) is 0 Å². The number of hydrogen-bond donors (Lipinski definition) is 1. The van der Waals surface area contributed by atoms with Gasteiger partial charge in [0.2, 0.25) is 10.0 Å². The molecule has 0 saturated carbocycles. The molecule has 1 aliphatic heterocycles. The van der Waals surface area contributed by atoms with Crippen molar-refractivity contribution in [3.8, 4) is 0 Å². The molecule has 0 aromatic heterocycles. The van der Waals surface area contributed by atoms with Gasteiger partial charge in [-0.3, -0.25) is 0 Å². The van der Waals surface area contributed by atoms with Crippen molar-refractivity contribution in [3.63, 3.8) is 0 Å². The SMILES string of the molecule is CC1CN(S(=O)(=O)Cc2ccccc2C(F)(F)F)CC1N.Cl. The first-order valence-corrected chi connectivity index (χ1v) is 8.10. The second-order valence-corrected chi connectivity index (χ2v) is 7.34. The molecule has 22 heavy (non-hydrogen) atoms. The molecule has 1 aliphatic rings. The van der Waals surface area contributed by atoms with Crippen LogP contribution >= 0.6 is 12.4 Å². The minimum atomic E-state index is -4.57. The number of benzene rings is 1. The largest absolute Gasteiger partial charge is 0.416 e. The van der Waals surface area contributed by atoms with E-state index in [1.807, 2.05) is 6.92 Å². The first-order valence-electron chi connectivity index (χ1n) is 6.50. The highest BCUT2D eigenvalue weighted by Gasteiger charge is 2.37. The van der Waals surface area contributed by atoms with Crippen LogP contribution in [0.15, 0.2) is 24.3 Å². The minimum Gasteiger partial charge on any atom is -0.326 e. The van der Waals surface area contributed by atoms with E-state index in [1.165, 1.54) is 22.5 Å². The van der Waals surface area contributed by atoms with Gasteiger partial charge in [0, 0.05) is 19.1 Å². The Kier molecular flexibility index (Phi) is 5.88. The van der Waals surface area contributed by atoms with Crippen LogP contribution in [-0.2, 0) is 22.0 Å². The molecule has 0 amide bonds. The molecular formula is C13H18ClF3N2O2S. The van der Waals surface area contributed by atoms with E-state index >= 15 is 0 Å². The third-order valence-electron chi connectivity index (χ3n) is 3.69. The van der Waals surface area contributed by atoms with Gasteiger partial charge in [-0.1, -0.05) is 25.1 Å². The molecular weight excluding hydrogens is 341 g/mol. The number of alkyl halides is 3. The molecule has 0 bridgehead atoms. The summed E-state index contributed by atoms with van der Waals surface area (Å²) in [6.07, 6.45) is -4.57. The van der Waals surface area contributed by atoms with E-state index in [4.69, 9.17) is 5.73 Å². The van der Waals surface area contributed by atoms with Crippen LogP contribution in [0.1, 0.15) is 18.1 Å². The summed E-state index contributed by atoms with van der Waals surface area (Å²) in [6, 6.07) is 4.45. The van der Waals surface area contributed by atoms with Gasteiger partial charge in [0.25, 0.3) is 0 Å². The Labute approximate surface area is 133 Å². The van der Waals surface area contributed by atoms with E-state index in [2.05, 4.69) is 0 Å². The third kappa shape index (κ3) is 4.13. The summed E-state index contributed by atoms with van der Waals surface area (Å²) >= 11 is 0. The van der Waals surface area contributed by atoms with Crippen molar-refractivity contribution in [1.29, 1.82) is 0 Å². The van der Waals surface area contributed by atoms with E-state index in [-0.39, 0.29) is 43.0 Å². The van der Waals surface area contributed by atoms with Gasteiger partial charge in [-0.05, 0) is 17.5 Å². The summed E-state index contributed by atoms with van der Waals surface area (Å²) in [5.41, 5.74) is 4.62. The average molecular weight is 359 g/mol. The smallest absolute Gasteiger partial charge is 0.326 e. The zero-order valence-corrected chi connectivity index (χ0v) is 13.5. The minimum absolute atomic E-state index is 0. The molecule has 1 aromatic rings. The zero-order valence-electron chi connectivity index (χ0n) is 11.9. The Bertz CT molecular complexity index is 612. The molecule has 1 saturated heterocycles. The number of halogens is 4. The topological polar surface area (TPSA) is 63.4 Å². The highest BCUT2D eigenvalue weighted by Crippen LogP contribution is 2.33. The van der Waals surface area contributed by atoms with Crippen LogP contribution in [0.25, 0.3) is 0 Å². The Morgan fingerprint density at radius 1 is 1.27 bits per heavy atom. The summed E-state index contributed by atoms with van der Waals surface area (Å²) in [5.74, 6) is -0.667. The number of rotatable bonds is 3. The normalized spacial score (nSPS) is 23.3. The summed E-state index contributed by atoms with van der Waals surface area (Å²) < 4.78 is 64.4. The van der Waals surface area contributed by atoms with Crippen LogP contribution in [-0.4, -0.2) is 31.9 Å². The third-order valence-corrected chi connectivity index (χ3v) is 5.45. The molecule has 0 aliphatic carbocycles. The quantitative estimate of drug-likeness (QED) is 0.901. The van der Waals surface area contributed by atoms with Crippen molar-refractivity contribution in [1.82, 2.24) is 4.31 Å². The Morgan fingerprint density at radius 3 is 2.36 bits per heavy atom. The molecule has 1 heterocycles. The second kappa shape index (κ2) is 6.74. The van der Waals surface area contributed by atoms with E-state index < -0.39 is 27.5 Å². The van der Waals surface area contributed by atoms with Gasteiger partial charge in [-0.25, -0.2) is 8.42 Å². The highest BCUT2D eigenvalue weighted by atomic mass is 35.5. The Morgan fingerprint density at radius 2 is 1.86 bits per heavy atom. The van der Waals surface area contributed by atoms with Gasteiger partial charge in [0.1, 0.15) is 0 Å². The van der Waals surface area contributed by atoms with Gasteiger partial charge in [0.05, 0.1) is 11.3 Å². The molecule has 2 N–H and O–H groups in total. The van der Waals surface area contributed by atoms with Crippen molar-refractivity contribution in [2.24, 2.45) is 11.7 Å². The maximum Gasteiger partial charge on any atom is 0.416 e. The maximum atomic E-state index is 12.9. The molecule has 9 heteroatoms. The van der Waals surface area contributed by atoms with Gasteiger partial charge in [-0.2, -0.15) is 17.5 Å². The molecule has 126 valence electrons. The van der Waals surface area contributed by atoms with Crippen LogP contribution in [0.5, 0.6) is 0 Å². The van der Waals surface area contributed by atoms with Crippen molar-refractivity contribution in [2.45, 2.75) is 24.9 Å². The molecule has 0 radical (unpaired) electrons.